The molecule has 1 saturated heterocycles. The Labute approximate surface area is 123 Å². The average molecular weight is 292 g/mol. The number of aryl methyl sites for hydroxylation is 1. The Balaban J connectivity index is 2.26. The minimum atomic E-state index is -0.365. The zero-order valence-corrected chi connectivity index (χ0v) is 12.4. The molecule has 1 aromatic carbocycles. The van der Waals surface area contributed by atoms with E-state index >= 15 is 0 Å². The monoisotopic (exact) mass is 292 g/mol. The van der Waals surface area contributed by atoms with Gasteiger partial charge in [0.25, 0.3) is 5.69 Å². The van der Waals surface area contributed by atoms with Crippen molar-refractivity contribution in [2.45, 2.75) is 26.7 Å². The van der Waals surface area contributed by atoms with Crippen molar-refractivity contribution in [1.82, 2.24) is 0 Å². The smallest absolute Gasteiger partial charge is 0.310 e. The zero-order valence-electron chi connectivity index (χ0n) is 12.4. The normalized spacial score (nSPS) is 18.4. The van der Waals surface area contributed by atoms with Gasteiger partial charge in [-0.15, -0.1) is 0 Å². The first-order valence-corrected chi connectivity index (χ1v) is 7.20. The summed E-state index contributed by atoms with van der Waals surface area (Å²) >= 11 is 0. The lowest BCUT2D eigenvalue weighted by Crippen LogP contribution is -2.40. The topological polar surface area (TPSA) is 72.7 Å². The van der Waals surface area contributed by atoms with E-state index in [2.05, 4.69) is 0 Å². The van der Waals surface area contributed by atoms with Gasteiger partial charge in [-0.25, -0.2) is 0 Å². The van der Waals surface area contributed by atoms with E-state index in [4.69, 9.17) is 4.74 Å². The van der Waals surface area contributed by atoms with E-state index in [1.165, 1.54) is 6.07 Å². The molecule has 1 heterocycles. The van der Waals surface area contributed by atoms with Gasteiger partial charge in [0.15, 0.2) is 0 Å². The average Bonchev–Trinajstić information content (AvgIpc) is 2.47. The number of carbonyl (C=O) groups excluding carboxylic acids is 1. The number of hydrogen-bond donors (Lipinski definition) is 0. The fourth-order valence-corrected chi connectivity index (χ4v) is 2.83. The van der Waals surface area contributed by atoms with Gasteiger partial charge in [-0.3, -0.25) is 14.9 Å². The summed E-state index contributed by atoms with van der Waals surface area (Å²) < 4.78 is 5.07. The molecule has 0 aromatic heterocycles. The van der Waals surface area contributed by atoms with Crippen molar-refractivity contribution >= 4 is 17.3 Å². The molecule has 0 spiro atoms. The van der Waals surface area contributed by atoms with Gasteiger partial charge in [0.05, 0.1) is 17.4 Å². The predicted molar refractivity (Wildman–Crippen MR) is 79.4 cm³/mol. The summed E-state index contributed by atoms with van der Waals surface area (Å²) in [4.78, 5) is 24.7. The lowest BCUT2D eigenvalue weighted by Gasteiger charge is -2.33. The van der Waals surface area contributed by atoms with Gasteiger partial charge in [-0.2, -0.15) is 0 Å². The number of benzene rings is 1. The maximum Gasteiger partial charge on any atom is 0.310 e. The van der Waals surface area contributed by atoms with Crippen LogP contribution in [0.4, 0.5) is 11.4 Å². The molecule has 0 saturated carbocycles. The Kier molecular flexibility index (Phi) is 4.77. The Morgan fingerprint density at radius 2 is 2.29 bits per heavy atom. The number of ether oxygens (including phenoxy) is 1. The molecule has 0 amide bonds. The molecule has 2 rings (SSSR count). The molecule has 1 unspecified atom stereocenters. The summed E-state index contributed by atoms with van der Waals surface area (Å²) in [5.74, 6) is -0.420. The van der Waals surface area contributed by atoms with Gasteiger partial charge in [-0.05, 0) is 32.3 Å². The van der Waals surface area contributed by atoms with E-state index in [-0.39, 0.29) is 22.5 Å². The molecule has 0 radical (unpaired) electrons. The summed E-state index contributed by atoms with van der Waals surface area (Å²) in [6, 6.07) is 5.05. The number of carbonyl (C=O) groups is 1. The van der Waals surface area contributed by atoms with E-state index in [9.17, 15) is 14.9 Å². The lowest BCUT2D eigenvalue weighted by molar-refractivity contribution is -0.384. The first-order valence-electron chi connectivity index (χ1n) is 7.20. The van der Waals surface area contributed by atoms with Crippen molar-refractivity contribution in [2.24, 2.45) is 5.92 Å². The van der Waals surface area contributed by atoms with Crippen molar-refractivity contribution in [3.8, 4) is 0 Å². The molecular weight excluding hydrogens is 272 g/mol. The molecule has 1 fully saturated rings. The summed E-state index contributed by atoms with van der Waals surface area (Å²) in [6.07, 6.45) is 1.60. The second-order valence-corrected chi connectivity index (χ2v) is 5.24. The highest BCUT2D eigenvalue weighted by molar-refractivity contribution is 5.75. The maximum absolute atomic E-state index is 11.9. The van der Waals surface area contributed by atoms with E-state index < -0.39 is 0 Å². The first kappa shape index (κ1) is 15.3. The number of rotatable bonds is 4. The zero-order chi connectivity index (χ0) is 15.4. The van der Waals surface area contributed by atoms with Crippen LogP contribution in [0.5, 0.6) is 0 Å². The minimum absolute atomic E-state index is 0.0968. The molecule has 114 valence electrons. The van der Waals surface area contributed by atoms with E-state index in [1.54, 1.807) is 13.0 Å². The first-order chi connectivity index (χ1) is 10.0. The van der Waals surface area contributed by atoms with Gasteiger partial charge in [-0.1, -0.05) is 12.1 Å². The van der Waals surface area contributed by atoms with Gasteiger partial charge < -0.3 is 9.64 Å². The molecule has 1 aromatic rings. The highest BCUT2D eigenvalue weighted by Crippen LogP contribution is 2.34. The van der Waals surface area contributed by atoms with Crippen molar-refractivity contribution in [3.05, 3.63) is 33.9 Å². The van der Waals surface area contributed by atoms with Gasteiger partial charge in [0, 0.05) is 19.2 Å². The Morgan fingerprint density at radius 3 is 2.95 bits per heavy atom. The number of para-hydroxylation sites is 1. The number of piperidine rings is 1. The van der Waals surface area contributed by atoms with Crippen LogP contribution in [0.2, 0.25) is 0 Å². The van der Waals surface area contributed by atoms with E-state index in [0.717, 1.165) is 24.9 Å². The Bertz CT molecular complexity index is 544. The van der Waals surface area contributed by atoms with Gasteiger partial charge in [0.1, 0.15) is 5.69 Å². The number of hydrogen-bond acceptors (Lipinski definition) is 5. The van der Waals surface area contributed by atoms with Crippen LogP contribution in [-0.2, 0) is 9.53 Å². The van der Waals surface area contributed by atoms with Gasteiger partial charge >= 0.3 is 5.97 Å². The Morgan fingerprint density at radius 1 is 1.52 bits per heavy atom. The summed E-state index contributed by atoms with van der Waals surface area (Å²) in [7, 11) is 0. The third-order valence-electron chi connectivity index (χ3n) is 3.77. The third kappa shape index (κ3) is 3.32. The molecule has 0 bridgehead atoms. The highest BCUT2D eigenvalue weighted by Gasteiger charge is 2.30. The molecular formula is C15H20N2O4. The van der Waals surface area contributed by atoms with Crippen molar-refractivity contribution in [2.75, 3.05) is 24.6 Å². The lowest BCUT2D eigenvalue weighted by atomic mass is 9.96. The van der Waals surface area contributed by atoms with Crippen LogP contribution in [0.25, 0.3) is 0 Å². The quantitative estimate of drug-likeness (QED) is 0.484. The Hall–Kier alpha value is -2.11. The SMILES string of the molecule is CCOC(=O)C1CCCN(c2c(C)cccc2[N+](=O)[O-])C1. The molecule has 6 nitrogen and oxygen atoms in total. The molecule has 21 heavy (non-hydrogen) atoms. The second kappa shape index (κ2) is 6.56. The number of anilines is 1. The standard InChI is InChI=1S/C15H20N2O4/c1-3-21-15(18)12-7-5-9-16(10-12)14-11(2)6-4-8-13(14)17(19)20/h4,6,8,12H,3,5,7,9-10H2,1-2H3. The molecule has 6 heteroatoms. The molecule has 0 aliphatic carbocycles. The van der Waals surface area contributed by atoms with E-state index in [0.29, 0.717) is 18.8 Å². The van der Waals surface area contributed by atoms with Crippen LogP contribution < -0.4 is 4.90 Å². The van der Waals surface area contributed by atoms with Crippen molar-refractivity contribution < 1.29 is 14.5 Å². The summed E-state index contributed by atoms with van der Waals surface area (Å²) in [5.41, 5.74) is 1.57. The number of nitro benzene ring substituents is 1. The molecule has 1 aliphatic rings. The largest absolute Gasteiger partial charge is 0.466 e. The minimum Gasteiger partial charge on any atom is -0.466 e. The maximum atomic E-state index is 11.9. The van der Waals surface area contributed by atoms with Crippen molar-refractivity contribution in [3.63, 3.8) is 0 Å². The summed E-state index contributed by atoms with van der Waals surface area (Å²) in [6.45, 7) is 5.20. The van der Waals surface area contributed by atoms with Gasteiger partial charge in [0.2, 0.25) is 0 Å². The van der Waals surface area contributed by atoms with E-state index in [1.807, 2.05) is 17.9 Å². The highest BCUT2D eigenvalue weighted by atomic mass is 16.6. The summed E-state index contributed by atoms with van der Waals surface area (Å²) in [5, 5.41) is 11.2. The molecule has 1 aliphatic heterocycles. The van der Waals surface area contributed by atoms with Crippen LogP contribution in [-0.4, -0.2) is 30.6 Å². The number of nitro groups is 1. The van der Waals surface area contributed by atoms with Crippen LogP contribution >= 0.6 is 0 Å². The fraction of sp³-hybridized carbons (Fsp3) is 0.533. The fourth-order valence-electron chi connectivity index (χ4n) is 2.83. The predicted octanol–water partition coefficient (Wildman–Crippen LogP) is 2.68. The van der Waals surface area contributed by atoms with Crippen LogP contribution in [0, 0.1) is 23.0 Å². The second-order valence-electron chi connectivity index (χ2n) is 5.24. The van der Waals surface area contributed by atoms with Crippen LogP contribution in [0.1, 0.15) is 25.3 Å². The third-order valence-corrected chi connectivity index (χ3v) is 3.77. The van der Waals surface area contributed by atoms with Crippen LogP contribution in [0.15, 0.2) is 18.2 Å². The molecule has 0 N–H and O–H groups in total. The van der Waals surface area contributed by atoms with Crippen LogP contribution in [0.3, 0.4) is 0 Å². The van der Waals surface area contributed by atoms with Crippen molar-refractivity contribution in [1.29, 1.82) is 0 Å². The number of nitrogens with zero attached hydrogens (tertiary/aromatic N) is 2. The number of esters is 1. The molecule has 1 atom stereocenters.